The molecule has 3 fully saturated rings. The lowest BCUT2D eigenvalue weighted by molar-refractivity contribution is -0.156. The third-order valence-corrected chi connectivity index (χ3v) is 8.93. The van der Waals surface area contributed by atoms with Crippen molar-refractivity contribution in [2.75, 3.05) is 49.6 Å². The number of hydrogen-bond acceptors (Lipinski definition) is 9. The fourth-order valence-electron chi connectivity index (χ4n) is 6.64. The normalized spacial score (nSPS) is 28.2. The highest BCUT2D eigenvalue weighted by Crippen LogP contribution is 2.56. The maximum atomic E-state index is 13.6. The van der Waals surface area contributed by atoms with Gasteiger partial charge >= 0.3 is 0 Å². The van der Waals surface area contributed by atoms with Gasteiger partial charge in [-0.3, -0.25) is 4.79 Å². The minimum atomic E-state index is -0.770. The monoisotopic (exact) mass is 502 g/mol. The van der Waals surface area contributed by atoms with E-state index in [1.54, 1.807) is 25.7 Å². The van der Waals surface area contributed by atoms with Crippen LogP contribution in [-0.4, -0.2) is 83.3 Å². The number of anilines is 3. The molecule has 1 saturated carbocycles. The number of fused-ring (bicyclic) bond motifs is 2. The Morgan fingerprint density at radius 3 is 2.65 bits per heavy atom. The molecule has 5 heterocycles. The van der Waals surface area contributed by atoms with E-state index in [1.165, 1.54) is 12.0 Å². The van der Waals surface area contributed by atoms with Crippen LogP contribution in [0.15, 0.2) is 24.7 Å². The van der Waals surface area contributed by atoms with E-state index in [9.17, 15) is 10.1 Å². The zero-order valence-corrected chi connectivity index (χ0v) is 21.8. The summed E-state index contributed by atoms with van der Waals surface area (Å²) in [5.74, 6) is 2.69. The topological polar surface area (TPSA) is 111 Å². The van der Waals surface area contributed by atoms with Crippen LogP contribution in [0.1, 0.15) is 50.7 Å². The number of ether oxygens (including phenoxy) is 1. The summed E-state index contributed by atoms with van der Waals surface area (Å²) in [6.45, 7) is 7.75. The number of piperazine rings is 1. The molecule has 1 N–H and O–H groups in total. The summed E-state index contributed by atoms with van der Waals surface area (Å²) in [4.78, 5) is 34.3. The van der Waals surface area contributed by atoms with Gasteiger partial charge in [0.15, 0.2) is 5.60 Å². The highest BCUT2D eigenvalue weighted by molar-refractivity contribution is 5.87. The molecule has 0 bridgehead atoms. The number of methoxy groups -OCH3 is 1. The van der Waals surface area contributed by atoms with Gasteiger partial charge in [-0.1, -0.05) is 6.42 Å². The lowest BCUT2D eigenvalue weighted by Crippen LogP contribution is -2.63. The van der Waals surface area contributed by atoms with Crippen molar-refractivity contribution in [1.82, 2.24) is 25.2 Å². The Bertz CT molecular complexity index is 1250. The number of carbonyl (C=O) groups is 1. The fraction of sp³-hybridized carbons (Fsp3) is 0.593. The summed E-state index contributed by atoms with van der Waals surface area (Å²) in [6, 6.07) is 5.90. The average Bonchev–Trinajstić information content (AvgIpc) is 3.53. The Balaban J connectivity index is 1.33. The highest BCUT2D eigenvalue weighted by Gasteiger charge is 2.52. The number of nitriles is 1. The lowest BCUT2D eigenvalue weighted by Gasteiger charge is -2.48. The maximum absolute atomic E-state index is 13.6. The van der Waals surface area contributed by atoms with Gasteiger partial charge < -0.3 is 24.8 Å². The lowest BCUT2D eigenvalue weighted by atomic mass is 9.66. The number of nitrogens with one attached hydrogen (secondary N) is 1. The van der Waals surface area contributed by atoms with Gasteiger partial charge in [0.1, 0.15) is 23.8 Å². The predicted molar refractivity (Wildman–Crippen MR) is 139 cm³/mol. The van der Waals surface area contributed by atoms with Crippen molar-refractivity contribution in [3.8, 4) is 6.07 Å². The summed E-state index contributed by atoms with van der Waals surface area (Å²) < 4.78 is 5.77. The fourth-order valence-corrected chi connectivity index (χ4v) is 6.64. The average molecular weight is 503 g/mol. The van der Waals surface area contributed by atoms with E-state index >= 15 is 0 Å². The zero-order valence-electron chi connectivity index (χ0n) is 21.8. The molecule has 1 spiro atoms. The molecule has 194 valence electrons. The van der Waals surface area contributed by atoms with Crippen molar-refractivity contribution in [3.05, 3.63) is 35.8 Å². The van der Waals surface area contributed by atoms with Crippen LogP contribution in [0.3, 0.4) is 0 Å². The van der Waals surface area contributed by atoms with Crippen LogP contribution in [0.2, 0.25) is 0 Å². The summed E-state index contributed by atoms with van der Waals surface area (Å²) in [5, 5.41) is 12.7. The number of aromatic nitrogens is 3. The Kier molecular flexibility index (Phi) is 5.81. The molecule has 3 aliphatic heterocycles. The van der Waals surface area contributed by atoms with Crippen LogP contribution in [0.4, 0.5) is 17.5 Å². The summed E-state index contributed by atoms with van der Waals surface area (Å²) >= 11 is 0. The minimum Gasteiger partial charge on any atom is -0.367 e. The Morgan fingerprint density at radius 2 is 1.97 bits per heavy atom. The van der Waals surface area contributed by atoms with Crippen molar-refractivity contribution in [1.29, 1.82) is 5.26 Å². The van der Waals surface area contributed by atoms with Crippen LogP contribution >= 0.6 is 0 Å². The van der Waals surface area contributed by atoms with Gasteiger partial charge in [-0.15, -0.1) is 0 Å². The minimum absolute atomic E-state index is 0.0121. The van der Waals surface area contributed by atoms with Crippen molar-refractivity contribution < 1.29 is 9.53 Å². The highest BCUT2D eigenvalue weighted by atomic mass is 16.5. The smallest absolute Gasteiger partial charge is 0.256 e. The first-order valence-corrected chi connectivity index (χ1v) is 13.2. The molecule has 2 saturated heterocycles. The molecule has 1 amide bonds. The third kappa shape index (κ3) is 3.67. The molecular weight excluding hydrogens is 468 g/mol. The summed E-state index contributed by atoms with van der Waals surface area (Å²) in [6.07, 6.45) is 7.37. The van der Waals surface area contributed by atoms with Gasteiger partial charge in [0.05, 0.1) is 11.6 Å². The molecule has 4 aliphatic rings. The SMILES string of the molecule is CO[C@@]1(C(=O)N2C[C@H](C)N(c3ncnc4c3C3(CCC3)CN4c3cc(C#N)ccn3)C[C@H]2C)CCNC1. The van der Waals surface area contributed by atoms with E-state index in [-0.39, 0.29) is 23.4 Å². The van der Waals surface area contributed by atoms with E-state index in [0.29, 0.717) is 31.6 Å². The van der Waals surface area contributed by atoms with E-state index in [1.807, 2.05) is 11.0 Å². The summed E-state index contributed by atoms with van der Waals surface area (Å²) in [7, 11) is 1.64. The number of carbonyl (C=O) groups excluding carboxylic acids is 1. The van der Waals surface area contributed by atoms with E-state index in [4.69, 9.17) is 14.7 Å². The van der Waals surface area contributed by atoms with E-state index in [2.05, 4.69) is 40.0 Å². The number of hydrogen-bond donors (Lipinski definition) is 1. The molecule has 1 aliphatic carbocycles. The first-order valence-electron chi connectivity index (χ1n) is 13.2. The molecule has 3 atom stereocenters. The molecule has 37 heavy (non-hydrogen) atoms. The largest absolute Gasteiger partial charge is 0.367 e. The van der Waals surface area contributed by atoms with Crippen LogP contribution in [0, 0.1) is 11.3 Å². The maximum Gasteiger partial charge on any atom is 0.256 e. The Labute approximate surface area is 217 Å². The first kappa shape index (κ1) is 24.1. The Hall–Kier alpha value is -3.29. The van der Waals surface area contributed by atoms with Crippen LogP contribution in [0.5, 0.6) is 0 Å². The van der Waals surface area contributed by atoms with Gasteiger partial charge in [-0.2, -0.15) is 5.26 Å². The molecule has 2 aromatic rings. The number of pyridine rings is 1. The molecule has 10 nitrogen and oxygen atoms in total. The molecule has 10 heteroatoms. The second-order valence-corrected chi connectivity index (χ2v) is 11.1. The zero-order chi connectivity index (χ0) is 25.8. The van der Waals surface area contributed by atoms with Crippen molar-refractivity contribution in [3.63, 3.8) is 0 Å². The second-order valence-electron chi connectivity index (χ2n) is 11.1. The number of nitrogens with zero attached hydrogens (tertiary/aromatic N) is 7. The molecular formula is C27H34N8O2. The van der Waals surface area contributed by atoms with Crippen LogP contribution in [-0.2, 0) is 14.9 Å². The van der Waals surface area contributed by atoms with Crippen molar-refractivity contribution in [2.45, 2.75) is 62.6 Å². The van der Waals surface area contributed by atoms with Gasteiger partial charge in [-0.25, -0.2) is 15.0 Å². The standard InChI is InChI=1S/C27H34N8O2/c1-18-14-34(25(36)27(37-3)8-10-29-15-27)19(2)13-33(18)23-22-24(32-17-31-23)35(16-26(22)6-4-7-26)21-11-20(12-28)5-9-30-21/h5,9,11,17-19,29H,4,6-8,10,13-16H2,1-3H3/t18-,19+,27-/m0/s1. The van der Waals surface area contributed by atoms with E-state index < -0.39 is 5.60 Å². The Morgan fingerprint density at radius 1 is 1.16 bits per heavy atom. The molecule has 0 unspecified atom stereocenters. The summed E-state index contributed by atoms with van der Waals surface area (Å²) in [5.41, 5.74) is 0.998. The van der Waals surface area contributed by atoms with Crippen LogP contribution < -0.4 is 15.1 Å². The van der Waals surface area contributed by atoms with E-state index in [0.717, 1.165) is 43.4 Å². The number of rotatable bonds is 4. The molecule has 0 aromatic carbocycles. The van der Waals surface area contributed by atoms with Gasteiger partial charge in [-0.05, 0) is 51.8 Å². The second kappa shape index (κ2) is 8.92. The van der Waals surface area contributed by atoms with Crippen molar-refractivity contribution >= 4 is 23.4 Å². The van der Waals surface area contributed by atoms with Crippen molar-refractivity contribution in [2.24, 2.45) is 0 Å². The van der Waals surface area contributed by atoms with Crippen LogP contribution in [0.25, 0.3) is 0 Å². The first-order chi connectivity index (χ1) is 17.9. The molecule has 0 radical (unpaired) electrons. The number of amides is 1. The molecule has 6 rings (SSSR count). The third-order valence-electron chi connectivity index (χ3n) is 8.93. The molecule has 2 aromatic heterocycles. The predicted octanol–water partition coefficient (Wildman–Crippen LogP) is 2.12. The van der Waals surface area contributed by atoms with Gasteiger partial charge in [0.2, 0.25) is 0 Å². The van der Waals surface area contributed by atoms with Gasteiger partial charge in [0.25, 0.3) is 5.91 Å². The quantitative estimate of drug-likeness (QED) is 0.672. The van der Waals surface area contributed by atoms with Gasteiger partial charge in [0, 0.05) is 62.5 Å².